The fourth-order valence-corrected chi connectivity index (χ4v) is 4.56. The lowest BCUT2D eigenvalue weighted by atomic mass is 10.0. The number of rotatable bonds is 12. The van der Waals surface area contributed by atoms with Crippen molar-refractivity contribution in [2.45, 2.75) is 45.1 Å². The first-order valence-electron chi connectivity index (χ1n) is 12.1. The number of carboxylic acid groups (broad SMARTS) is 1. The molecule has 184 valence electrons. The predicted octanol–water partition coefficient (Wildman–Crippen LogP) is 6.52. The predicted molar refractivity (Wildman–Crippen MR) is 136 cm³/mol. The number of unbranched alkanes of at least 4 members (excludes halogenated alkanes) is 3. The van der Waals surface area contributed by atoms with Crippen LogP contribution in [0.4, 0.5) is 9.18 Å². The summed E-state index contributed by atoms with van der Waals surface area (Å²) in [5, 5.41) is 12.3. The minimum absolute atomic E-state index is 0.266. The monoisotopic (exact) mass is 478 g/mol. The molecule has 0 saturated carbocycles. The fourth-order valence-electron chi connectivity index (χ4n) is 4.56. The van der Waals surface area contributed by atoms with Gasteiger partial charge >= 0.3 is 6.16 Å². The van der Waals surface area contributed by atoms with Crippen LogP contribution in [0.2, 0.25) is 0 Å². The lowest BCUT2D eigenvalue weighted by Crippen LogP contribution is -2.11. The Labute approximate surface area is 204 Å². The molecule has 35 heavy (non-hydrogen) atoms. The van der Waals surface area contributed by atoms with Crippen LogP contribution in [0.3, 0.4) is 0 Å². The van der Waals surface area contributed by atoms with Crippen LogP contribution in [0.5, 0.6) is 11.6 Å². The zero-order valence-corrected chi connectivity index (χ0v) is 19.7. The number of fused-ring (bicyclic) bond motifs is 2. The number of halogens is 1. The average Bonchev–Trinajstić information content (AvgIpc) is 3.12. The third kappa shape index (κ3) is 5.92. The Kier molecular flexibility index (Phi) is 8.21. The topological polar surface area (TPSA) is 86.7 Å². The van der Waals surface area contributed by atoms with Gasteiger partial charge < -0.3 is 24.9 Å². The summed E-state index contributed by atoms with van der Waals surface area (Å²) in [6.07, 6.45) is 3.60. The molecule has 0 aliphatic rings. The van der Waals surface area contributed by atoms with E-state index in [4.69, 9.17) is 15.2 Å². The van der Waals surface area contributed by atoms with Crippen molar-refractivity contribution in [1.29, 1.82) is 0 Å². The molecular weight excluding hydrogens is 447 g/mol. The highest BCUT2D eigenvalue weighted by Gasteiger charge is 2.21. The maximum Gasteiger partial charge on any atom is 0.512 e. The van der Waals surface area contributed by atoms with E-state index < -0.39 is 6.16 Å². The van der Waals surface area contributed by atoms with Crippen molar-refractivity contribution < 1.29 is 23.8 Å². The minimum Gasteiger partial charge on any atom is -0.493 e. The van der Waals surface area contributed by atoms with Gasteiger partial charge in [-0.05, 0) is 61.9 Å². The number of nitrogens with zero attached hydrogens (tertiary/aromatic N) is 1. The molecule has 4 aromatic rings. The molecule has 1 aromatic heterocycles. The Bertz CT molecular complexity index is 1300. The van der Waals surface area contributed by atoms with Crippen molar-refractivity contribution in [3.8, 4) is 11.6 Å². The summed E-state index contributed by atoms with van der Waals surface area (Å²) < 4.78 is 27.3. The van der Waals surface area contributed by atoms with Gasteiger partial charge in [-0.25, -0.2) is 9.18 Å². The highest BCUT2D eigenvalue weighted by Crippen LogP contribution is 2.35. The number of hydrogen-bond donors (Lipinski definition) is 2. The Morgan fingerprint density at radius 2 is 1.74 bits per heavy atom. The molecule has 0 atom stereocenters. The van der Waals surface area contributed by atoms with Crippen molar-refractivity contribution in [1.82, 2.24) is 4.57 Å². The largest absolute Gasteiger partial charge is 0.512 e. The van der Waals surface area contributed by atoms with Gasteiger partial charge in [-0.3, -0.25) is 0 Å². The normalized spacial score (nSPS) is 11.3. The van der Waals surface area contributed by atoms with E-state index in [1.54, 1.807) is 6.07 Å². The molecule has 0 radical (unpaired) electrons. The van der Waals surface area contributed by atoms with E-state index in [1.165, 1.54) is 12.1 Å². The van der Waals surface area contributed by atoms with E-state index >= 15 is 0 Å². The van der Waals surface area contributed by atoms with Gasteiger partial charge in [0.1, 0.15) is 11.6 Å². The summed E-state index contributed by atoms with van der Waals surface area (Å²) in [6.45, 7) is 1.57. The molecule has 0 aliphatic carbocycles. The molecule has 0 unspecified atom stereocenters. The van der Waals surface area contributed by atoms with Crippen molar-refractivity contribution >= 4 is 27.8 Å². The summed E-state index contributed by atoms with van der Waals surface area (Å²) in [6, 6.07) is 18.5. The average molecular weight is 479 g/mol. The van der Waals surface area contributed by atoms with E-state index in [0.29, 0.717) is 37.9 Å². The first-order valence-corrected chi connectivity index (χ1v) is 12.1. The molecule has 0 saturated heterocycles. The van der Waals surface area contributed by atoms with Crippen molar-refractivity contribution in [3.05, 3.63) is 72.0 Å². The highest BCUT2D eigenvalue weighted by molar-refractivity contribution is 5.88. The van der Waals surface area contributed by atoms with E-state index in [0.717, 1.165) is 53.3 Å². The van der Waals surface area contributed by atoms with Gasteiger partial charge in [0.15, 0.2) is 0 Å². The SMILES string of the molecule is NCCCCCCc1c(OC(=O)O)n(CCCOc2cccc3ccccc23)c2ccc(F)cc12. The zero-order valence-electron chi connectivity index (χ0n) is 19.7. The lowest BCUT2D eigenvalue weighted by molar-refractivity contribution is 0.140. The molecule has 3 aromatic carbocycles. The number of carbonyl (C=O) groups is 1. The van der Waals surface area contributed by atoms with E-state index in [-0.39, 0.29) is 11.7 Å². The molecule has 0 aliphatic heterocycles. The summed E-state index contributed by atoms with van der Waals surface area (Å²) in [5.41, 5.74) is 7.06. The first-order chi connectivity index (χ1) is 17.1. The number of aromatic nitrogens is 1. The maximum absolute atomic E-state index is 14.1. The number of aryl methyl sites for hydroxylation is 2. The van der Waals surface area contributed by atoms with Gasteiger partial charge in [0.05, 0.1) is 12.1 Å². The summed E-state index contributed by atoms with van der Waals surface area (Å²) in [5.74, 6) is 0.713. The highest BCUT2D eigenvalue weighted by atomic mass is 19.1. The van der Waals surface area contributed by atoms with E-state index in [9.17, 15) is 14.3 Å². The Morgan fingerprint density at radius 3 is 2.57 bits per heavy atom. The molecule has 7 heteroatoms. The number of hydrogen-bond acceptors (Lipinski definition) is 4. The standard InChI is InChI=1S/C28H31FN2O4/c29-21-14-15-25-24(19-21)23(12-3-1-2-6-16-30)27(35-28(32)33)31(25)17-8-18-34-26-13-7-10-20-9-4-5-11-22(20)26/h4-5,7,9-11,13-15,19H,1-3,6,8,12,16-18,30H2,(H,32,33). The summed E-state index contributed by atoms with van der Waals surface area (Å²) in [7, 11) is 0. The van der Waals surface area contributed by atoms with Gasteiger partial charge in [-0.1, -0.05) is 49.2 Å². The Balaban J connectivity index is 1.54. The van der Waals surface area contributed by atoms with Crippen LogP contribution >= 0.6 is 0 Å². The zero-order chi connectivity index (χ0) is 24.6. The maximum atomic E-state index is 14.1. The van der Waals surface area contributed by atoms with Gasteiger partial charge in [0.25, 0.3) is 0 Å². The molecule has 1 heterocycles. The van der Waals surface area contributed by atoms with Crippen molar-refractivity contribution in [2.75, 3.05) is 13.2 Å². The van der Waals surface area contributed by atoms with Gasteiger partial charge in [0.2, 0.25) is 5.88 Å². The van der Waals surface area contributed by atoms with Crippen LogP contribution in [0, 0.1) is 5.82 Å². The molecule has 0 fully saturated rings. The third-order valence-electron chi connectivity index (χ3n) is 6.18. The molecule has 6 nitrogen and oxygen atoms in total. The van der Waals surface area contributed by atoms with Crippen LogP contribution in [-0.4, -0.2) is 29.0 Å². The van der Waals surface area contributed by atoms with Crippen LogP contribution < -0.4 is 15.2 Å². The molecule has 0 bridgehead atoms. The lowest BCUT2D eigenvalue weighted by Gasteiger charge is -2.12. The van der Waals surface area contributed by atoms with Crippen LogP contribution in [0.15, 0.2) is 60.7 Å². The van der Waals surface area contributed by atoms with Gasteiger partial charge in [-0.2, -0.15) is 0 Å². The van der Waals surface area contributed by atoms with Crippen molar-refractivity contribution in [3.63, 3.8) is 0 Å². The molecule has 4 rings (SSSR count). The van der Waals surface area contributed by atoms with Crippen LogP contribution in [0.1, 0.15) is 37.7 Å². The van der Waals surface area contributed by atoms with Gasteiger partial charge in [0, 0.05) is 22.9 Å². The van der Waals surface area contributed by atoms with E-state index in [1.807, 2.05) is 47.0 Å². The first kappa shape index (κ1) is 24.5. The number of benzene rings is 3. The van der Waals surface area contributed by atoms with Crippen LogP contribution in [0.25, 0.3) is 21.7 Å². The second-order valence-electron chi connectivity index (χ2n) is 8.60. The number of ether oxygens (including phenoxy) is 2. The van der Waals surface area contributed by atoms with Crippen molar-refractivity contribution in [2.24, 2.45) is 5.73 Å². The second-order valence-corrected chi connectivity index (χ2v) is 8.60. The fraction of sp³-hybridized carbons (Fsp3) is 0.321. The van der Waals surface area contributed by atoms with Gasteiger partial charge in [-0.15, -0.1) is 0 Å². The molecule has 3 N–H and O–H groups in total. The summed E-state index contributed by atoms with van der Waals surface area (Å²) in [4.78, 5) is 11.5. The Hall–Kier alpha value is -3.58. The molecule has 0 amide bonds. The van der Waals surface area contributed by atoms with E-state index in [2.05, 4.69) is 0 Å². The molecule has 0 spiro atoms. The summed E-state index contributed by atoms with van der Waals surface area (Å²) >= 11 is 0. The second kappa shape index (κ2) is 11.7. The van der Waals surface area contributed by atoms with Crippen LogP contribution in [-0.2, 0) is 13.0 Å². The minimum atomic E-state index is -1.38. The number of nitrogens with two attached hydrogens (primary N) is 1. The quantitative estimate of drug-likeness (QED) is 0.179. The third-order valence-corrected chi connectivity index (χ3v) is 6.18. The smallest absolute Gasteiger partial charge is 0.493 e. The Morgan fingerprint density at radius 1 is 0.943 bits per heavy atom. The molecular formula is C28H31FN2O4.